The van der Waals surface area contributed by atoms with E-state index in [0.29, 0.717) is 0 Å². The molecule has 0 aliphatic carbocycles. The number of rotatable bonds is 2. The summed E-state index contributed by atoms with van der Waals surface area (Å²) in [5, 5.41) is 0. The Balaban J connectivity index is 2.02. The molecule has 0 unspecified atom stereocenters. The molecule has 82 valence electrons. The number of benzene rings is 1. The van der Waals surface area contributed by atoms with Gasteiger partial charge in [0.1, 0.15) is 0 Å². The Morgan fingerprint density at radius 3 is 2.13 bits per heavy atom. The van der Waals surface area contributed by atoms with E-state index in [0.717, 1.165) is 10.5 Å². The molecule has 0 aromatic heterocycles. The van der Waals surface area contributed by atoms with Crippen molar-refractivity contribution in [2.75, 3.05) is 0 Å². The zero-order chi connectivity index (χ0) is 10.7. The molecule has 0 fully saturated rings. The minimum Gasteiger partial charge on any atom is -0.143 e. The summed E-state index contributed by atoms with van der Waals surface area (Å²) in [6, 6.07) is 8.88. The van der Waals surface area contributed by atoms with Crippen LogP contribution in [0, 0.1) is 5.92 Å². The predicted molar refractivity (Wildman–Crippen MR) is 72.3 cm³/mol. The Hall–Kier alpha value is -0.0800. The standard InChI is InChI=1S/C13H18S2/c1-10(2)7-13-14-8-11-5-3-4-6-12(11)9-15-13/h3-6,10,13H,7-9H2,1-2H3. The predicted octanol–water partition coefficient (Wildman–Crippen LogP) is 4.54. The first-order valence-electron chi connectivity index (χ1n) is 5.55. The SMILES string of the molecule is CC(C)CC1SCc2ccccc2CS1. The van der Waals surface area contributed by atoms with Gasteiger partial charge in [-0.2, -0.15) is 0 Å². The van der Waals surface area contributed by atoms with Gasteiger partial charge < -0.3 is 0 Å². The summed E-state index contributed by atoms with van der Waals surface area (Å²) in [4.78, 5) is 0. The van der Waals surface area contributed by atoms with E-state index in [1.54, 1.807) is 11.1 Å². The van der Waals surface area contributed by atoms with Crippen molar-refractivity contribution in [3.63, 3.8) is 0 Å². The molecule has 2 heteroatoms. The minimum absolute atomic E-state index is 0.789. The van der Waals surface area contributed by atoms with Crippen molar-refractivity contribution in [3.05, 3.63) is 35.4 Å². The van der Waals surface area contributed by atoms with Crippen LogP contribution in [0.1, 0.15) is 31.4 Å². The molecule has 0 bridgehead atoms. The van der Waals surface area contributed by atoms with Crippen LogP contribution in [-0.4, -0.2) is 4.58 Å². The van der Waals surface area contributed by atoms with E-state index in [9.17, 15) is 0 Å². The summed E-state index contributed by atoms with van der Waals surface area (Å²) in [6.45, 7) is 4.64. The van der Waals surface area contributed by atoms with Crippen LogP contribution in [0.5, 0.6) is 0 Å². The van der Waals surface area contributed by atoms with Gasteiger partial charge in [0.25, 0.3) is 0 Å². The van der Waals surface area contributed by atoms with Gasteiger partial charge in [-0.1, -0.05) is 38.1 Å². The molecule has 0 saturated heterocycles. The molecule has 0 radical (unpaired) electrons. The quantitative estimate of drug-likeness (QED) is 0.742. The fourth-order valence-corrected chi connectivity index (χ4v) is 4.90. The Labute approximate surface area is 101 Å². The lowest BCUT2D eigenvalue weighted by Gasteiger charge is -2.14. The second-order valence-electron chi connectivity index (χ2n) is 4.45. The molecule has 0 atom stereocenters. The second kappa shape index (κ2) is 5.31. The highest BCUT2D eigenvalue weighted by Gasteiger charge is 2.17. The first-order valence-corrected chi connectivity index (χ1v) is 7.65. The van der Waals surface area contributed by atoms with Crippen molar-refractivity contribution < 1.29 is 0 Å². The lowest BCUT2D eigenvalue weighted by atomic mass is 10.1. The van der Waals surface area contributed by atoms with E-state index in [4.69, 9.17) is 0 Å². The molecule has 0 spiro atoms. The van der Waals surface area contributed by atoms with Gasteiger partial charge in [0.15, 0.2) is 0 Å². The highest BCUT2D eigenvalue weighted by atomic mass is 32.2. The molecule has 0 nitrogen and oxygen atoms in total. The largest absolute Gasteiger partial charge is 0.143 e. The Bertz CT molecular complexity index is 293. The average Bonchev–Trinajstić information content (AvgIpc) is 2.41. The van der Waals surface area contributed by atoms with Crippen molar-refractivity contribution in [3.8, 4) is 0 Å². The molecule has 1 aliphatic heterocycles. The lowest BCUT2D eigenvalue weighted by molar-refractivity contribution is 0.620. The molecule has 0 N–H and O–H groups in total. The van der Waals surface area contributed by atoms with Gasteiger partial charge >= 0.3 is 0 Å². The van der Waals surface area contributed by atoms with Gasteiger partial charge in [0.2, 0.25) is 0 Å². The van der Waals surface area contributed by atoms with Gasteiger partial charge in [-0.3, -0.25) is 0 Å². The van der Waals surface area contributed by atoms with Crippen LogP contribution in [-0.2, 0) is 11.5 Å². The molecule has 2 rings (SSSR count). The number of hydrogen-bond acceptors (Lipinski definition) is 2. The summed E-state index contributed by atoms with van der Waals surface area (Å²) < 4.78 is 0.789. The summed E-state index contributed by atoms with van der Waals surface area (Å²) in [6.07, 6.45) is 1.34. The van der Waals surface area contributed by atoms with Crippen LogP contribution in [0.3, 0.4) is 0 Å². The topological polar surface area (TPSA) is 0 Å². The number of fused-ring (bicyclic) bond motifs is 1. The van der Waals surface area contributed by atoms with E-state index in [1.165, 1.54) is 17.9 Å². The molecule has 15 heavy (non-hydrogen) atoms. The van der Waals surface area contributed by atoms with E-state index in [-0.39, 0.29) is 0 Å². The third-order valence-corrected chi connectivity index (χ3v) is 5.53. The number of thioether (sulfide) groups is 2. The molecule has 0 saturated carbocycles. The zero-order valence-electron chi connectivity index (χ0n) is 9.40. The molecule has 1 aromatic rings. The van der Waals surface area contributed by atoms with Gasteiger partial charge in [0.05, 0.1) is 4.58 Å². The number of hydrogen-bond donors (Lipinski definition) is 0. The van der Waals surface area contributed by atoms with Crippen molar-refractivity contribution in [1.29, 1.82) is 0 Å². The highest BCUT2D eigenvalue weighted by molar-refractivity contribution is 8.16. The van der Waals surface area contributed by atoms with Gasteiger partial charge in [-0.25, -0.2) is 0 Å². The first-order chi connectivity index (χ1) is 7.25. The van der Waals surface area contributed by atoms with Crippen molar-refractivity contribution in [2.45, 2.75) is 36.4 Å². The Morgan fingerprint density at radius 2 is 1.67 bits per heavy atom. The van der Waals surface area contributed by atoms with Crippen LogP contribution in [0.4, 0.5) is 0 Å². The van der Waals surface area contributed by atoms with Gasteiger partial charge in [-0.15, -0.1) is 23.5 Å². The fraction of sp³-hybridized carbons (Fsp3) is 0.538. The summed E-state index contributed by atoms with van der Waals surface area (Å²) >= 11 is 4.24. The Kier molecular flexibility index (Phi) is 4.04. The third-order valence-electron chi connectivity index (χ3n) is 2.63. The highest BCUT2D eigenvalue weighted by Crippen LogP contribution is 2.38. The van der Waals surface area contributed by atoms with E-state index in [1.807, 2.05) is 0 Å². The van der Waals surface area contributed by atoms with Crippen molar-refractivity contribution >= 4 is 23.5 Å². The van der Waals surface area contributed by atoms with Crippen molar-refractivity contribution in [1.82, 2.24) is 0 Å². The average molecular weight is 238 g/mol. The van der Waals surface area contributed by atoms with E-state index in [2.05, 4.69) is 61.6 Å². The van der Waals surface area contributed by atoms with Crippen molar-refractivity contribution in [2.24, 2.45) is 5.92 Å². The van der Waals surface area contributed by atoms with E-state index < -0.39 is 0 Å². The lowest BCUT2D eigenvalue weighted by Crippen LogP contribution is -2.01. The van der Waals surface area contributed by atoms with Crippen LogP contribution >= 0.6 is 23.5 Å². The van der Waals surface area contributed by atoms with Crippen LogP contribution in [0.25, 0.3) is 0 Å². The smallest absolute Gasteiger partial charge is 0.0511 e. The third kappa shape index (κ3) is 3.18. The first kappa shape index (κ1) is 11.4. The Morgan fingerprint density at radius 1 is 1.13 bits per heavy atom. The normalized spacial score (nSPS) is 17.5. The summed E-state index contributed by atoms with van der Waals surface area (Å²) in [5.74, 6) is 3.21. The van der Waals surface area contributed by atoms with E-state index >= 15 is 0 Å². The molecule has 1 heterocycles. The monoisotopic (exact) mass is 238 g/mol. The maximum atomic E-state index is 2.32. The van der Waals surface area contributed by atoms with Crippen LogP contribution in [0.2, 0.25) is 0 Å². The fourth-order valence-electron chi connectivity index (χ4n) is 1.77. The molecular formula is C13H18S2. The molecule has 0 amide bonds. The maximum Gasteiger partial charge on any atom is 0.0511 e. The maximum absolute atomic E-state index is 2.32. The minimum atomic E-state index is 0.789. The summed E-state index contributed by atoms with van der Waals surface area (Å²) in [7, 11) is 0. The molecule has 1 aromatic carbocycles. The molecule has 1 aliphatic rings. The second-order valence-corrected chi connectivity index (χ2v) is 7.13. The zero-order valence-corrected chi connectivity index (χ0v) is 11.0. The van der Waals surface area contributed by atoms with Crippen LogP contribution in [0.15, 0.2) is 24.3 Å². The summed E-state index contributed by atoms with van der Waals surface area (Å²) in [5.41, 5.74) is 3.09. The van der Waals surface area contributed by atoms with Crippen LogP contribution < -0.4 is 0 Å². The molecular weight excluding hydrogens is 220 g/mol. The van der Waals surface area contributed by atoms with Gasteiger partial charge in [0, 0.05) is 11.5 Å². The van der Waals surface area contributed by atoms with Gasteiger partial charge in [-0.05, 0) is 23.5 Å².